The summed E-state index contributed by atoms with van der Waals surface area (Å²) < 4.78 is 0. The van der Waals surface area contributed by atoms with Gasteiger partial charge in [0.1, 0.15) is 0 Å². The van der Waals surface area contributed by atoms with Gasteiger partial charge in [0.05, 0.1) is 5.56 Å². The number of carbonyl (C=O) groups is 1. The average molecular weight is 190 g/mol. The van der Waals surface area contributed by atoms with Crippen LogP contribution in [0.3, 0.4) is 0 Å². The van der Waals surface area contributed by atoms with Gasteiger partial charge in [0.2, 0.25) is 5.95 Å². The van der Waals surface area contributed by atoms with Crippen LogP contribution in [0.1, 0.15) is 5.56 Å². The van der Waals surface area contributed by atoms with E-state index < -0.39 is 5.91 Å². The first kappa shape index (κ1) is 9.99. The fourth-order valence-electron chi connectivity index (χ4n) is 0.750. The van der Waals surface area contributed by atoms with Gasteiger partial charge in [0, 0.05) is 32.4 Å². The number of hydrogen-bond donors (Lipinski definition) is 1. The maximum Gasteiger partial charge on any atom is 0.293 e. The molecule has 0 aliphatic heterocycles. The Morgan fingerprint density at radius 1 is 1.43 bits per heavy atom. The summed E-state index contributed by atoms with van der Waals surface area (Å²) in [7, 11) is 3.67. The van der Waals surface area contributed by atoms with E-state index in [-0.39, 0.29) is 0 Å². The molecule has 1 aromatic heterocycles. The van der Waals surface area contributed by atoms with Gasteiger partial charge in [-0.3, -0.25) is 4.79 Å². The third-order valence-electron chi connectivity index (χ3n) is 1.37. The number of rotatable bonds is 1. The van der Waals surface area contributed by atoms with Crippen LogP contribution in [0.15, 0.2) is 12.4 Å². The standard InChI is InChI=1S/C9H10N4O/c1-13(2)9-11-5-7(6-12-9)3-4-8(10)14/h5-6H,1-2H3,(H2,10,14). The largest absolute Gasteiger partial charge is 0.359 e. The molecular weight excluding hydrogens is 180 g/mol. The highest BCUT2D eigenvalue weighted by Crippen LogP contribution is 2.01. The number of hydrogen-bond acceptors (Lipinski definition) is 4. The second-order valence-corrected chi connectivity index (χ2v) is 2.78. The van der Waals surface area contributed by atoms with Gasteiger partial charge < -0.3 is 10.6 Å². The molecule has 0 saturated carbocycles. The van der Waals surface area contributed by atoms with E-state index in [1.165, 1.54) is 12.4 Å². The van der Waals surface area contributed by atoms with Gasteiger partial charge in [0.25, 0.3) is 5.91 Å². The number of anilines is 1. The van der Waals surface area contributed by atoms with Crippen molar-refractivity contribution in [2.75, 3.05) is 19.0 Å². The lowest BCUT2D eigenvalue weighted by Gasteiger charge is -2.07. The van der Waals surface area contributed by atoms with Gasteiger partial charge >= 0.3 is 0 Å². The zero-order chi connectivity index (χ0) is 10.6. The van der Waals surface area contributed by atoms with Crippen molar-refractivity contribution in [3.8, 4) is 11.8 Å². The summed E-state index contributed by atoms with van der Waals surface area (Å²) in [6, 6.07) is 0. The highest BCUT2D eigenvalue weighted by molar-refractivity contribution is 5.92. The number of aromatic nitrogens is 2. The summed E-state index contributed by atoms with van der Waals surface area (Å²) >= 11 is 0. The topological polar surface area (TPSA) is 72.1 Å². The molecule has 5 nitrogen and oxygen atoms in total. The summed E-state index contributed by atoms with van der Waals surface area (Å²) in [6.07, 6.45) is 3.08. The van der Waals surface area contributed by atoms with Crippen molar-refractivity contribution < 1.29 is 4.79 Å². The van der Waals surface area contributed by atoms with E-state index in [9.17, 15) is 4.79 Å². The molecule has 0 saturated heterocycles. The molecule has 1 aromatic rings. The van der Waals surface area contributed by atoms with Gasteiger partial charge in [-0.05, 0) is 0 Å². The minimum atomic E-state index is -0.665. The molecule has 0 fully saturated rings. The monoisotopic (exact) mass is 190 g/mol. The van der Waals surface area contributed by atoms with E-state index in [0.29, 0.717) is 11.5 Å². The quantitative estimate of drug-likeness (QED) is 0.599. The lowest BCUT2D eigenvalue weighted by Crippen LogP contribution is -2.12. The normalized spacial score (nSPS) is 8.71. The molecule has 0 aliphatic rings. The Labute approximate surface area is 82.0 Å². The smallest absolute Gasteiger partial charge is 0.293 e. The highest BCUT2D eigenvalue weighted by Gasteiger charge is 1.96. The van der Waals surface area contributed by atoms with E-state index in [0.717, 1.165) is 0 Å². The Balaban J connectivity index is 2.85. The summed E-state index contributed by atoms with van der Waals surface area (Å²) in [6.45, 7) is 0. The minimum absolute atomic E-state index is 0.564. The van der Waals surface area contributed by atoms with Crippen LogP contribution < -0.4 is 10.6 Å². The van der Waals surface area contributed by atoms with Crippen molar-refractivity contribution in [1.82, 2.24) is 9.97 Å². The van der Waals surface area contributed by atoms with Gasteiger partial charge in [-0.25, -0.2) is 9.97 Å². The molecule has 1 amide bonds. The number of carbonyl (C=O) groups excluding carboxylic acids is 1. The van der Waals surface area contributed by atoms with Crippen LogP contribution in [0.4, 0.5) is 5.95 Å². The van der Waals surface area contributed by atoms with Crippen molar-refractivity contribution in [3.05, 3.63) is 18.0 Å². The van der Waals surface area contributed by atoms with E-state index in [2.05, 4.69) is 21.8 Å². The predicted molar refractivity (Wildman–Crippen MR) is 52.4 cm³/mol. The van der Waals surface area contributed by atoms with Crippen LogP contribution >= 0.6 is 0 Å². The van der Waals surface area contributed by atoms with Crippen molar-refractivity contribution in [1.29, 1.82) is 0 Å². The molecule has 14 heavy (non-hydrogen) atoms. The molecule has 2 N–H and O–H groups in total. The van der Waals surface area contributed by atoms with Crippen molar-refractivity contribution in [2.24, 2.45) is 5.73 Å². The molecule has 0 radical (unpaired) electrons. The summed E-state index contributed by atoms with van der Waals surface area (Å²) in [5, 5.41) is 0. The zero-order valence-electron chi connectivity index (χ0n) is 7.98. The molecule has 0 spiro atoms. The lowest BCUT2D eigenvalue weighted by atomic mass is 10.3. The summed E-state index contributed by atoms with van der Waals surface area (Å²) in [5.41, 5.74) is 5.42. The minimum Gasteiger partial charge on any atom is -0.359 e. The van der Waals surface area contributed by atoms with Crippen molar-refractivity contribution in [2.45, 2.75) is 0 Å². The summed E-state index contributed by atoms with van der Waals surface area (Å²) in [4.78, 5) is 20.1. The van der Waals surface area contributed by atoms with Crippen LogP contribution in [0.5, 0.6) is 0 Å². The van der Waals surface area contributed by atoms with Crippen LogP contribution in [0.25, 0.3) is 0 Å². The van der Waals surface area contributed by atoms with E-state index in [4.69, 9.17) is 5.73 Å². The molecule has 0 bridgehead atoms. The Morgan fingerprint density at radius 2 is 2.00 bits per heavy atom. The third kappa shape index (κ3) is 2.75. The van der Waals surface area contributed by atoms with Gasteiger partial charge in [-0.15, -0.1) is 0 Å². The molecule has 0 unspecified atom stereocenters. The van der Waals surface area contributed by atoms with Gasteiger partial charge in [0.15, 0.2) is 0 Å². The van der Waals surface area contributed by atoms with Crippen molar-refractivity contribution in [3.63, 3.8) is 0 Å². The van der Waals surface area contributed by atoms with Gasteiger partial charge in [-0.1, -0.05) is 5.92 Å². The van der Waals surface area contributed by atoms with Crippen LogP contribution in [-0.2, 0) is 4.79 Å². The number of primary amides is 1. The first-order chi connectivity index (χ1) is 6.59. The molecule has 1 heterocycles. The first-order valence-corrected chi connectivity index (χ1v) is 3.90. The molecule has 0 atom stereocenters. The Hall–Kier alpha value is -2.09. The van der Waals surface area contributed by atoms with E-state index in [1.54, 1.807) is 4.90 Å². The highest BCUT2D eigenvalue weighted by atomic mass is 16.1. The van der Waals surface area contributed by atoms with Crippen LogP contribution in [-0.4, -0.2) is 30.0 Å². The Kier molecular flexibility index (Phi) is 3.02. The number of nitrogens with zero attached hydrogens (tertiary/aromatic N) is 3. The molecule has 72 valence electrons. The third-order valence-corrected chi connectivity index (χ3v) is 1.37. The molecule has 0 aliphatic carbocycles. The van der Waals surface area contributed by atoms with Crippen LogP contribution in [0.2, 0.25) is 0 Å². The molecule has 0 aromatic carbocycles. The number of amides is 1. The lowest BCUT2D eigenvalue weighted by molar-refractivity contribution is -0.112. The van der Waals surface area contributed by atoms with Crippen LogP contribution in [0, 0.1) is 11.8 Å². The SMILES string of the molecule is CN(C)c1ncc(C#CC(N)=O)cn1. The molecule has 5 heteroatoms. The number of nitrogens with two attached hydrogens (primary N) is 1. The van der Waals surface area contributed by atoms with Crippen molar-refractivity contribution >= 4 is 11.9 Å². The van der Waals surface area contributed by atoms with Gasteiger partial charge in [-0.2, -0.15) is 0 Å². The molecular formula is C9H10N4O. The maximum atomic E-state index is 10.3. The zero-order valence-corrected chi connectivity index (χ0v) is 7.98. The second kappa shape index (κ2) is 4.23. The first-order valence-electron chi connectivity index (χ1n) is 3.90. The van der Waals surface area contributed by atoms with E-state index >= 15 is 0 Å². The Bertz CT molecular complexity index is 386. The van der Waals surface area contributed by atoms with E-state index in [1.807, 2.05) is 14.1 Å². The molecule has 1 rings (SSSR count). The predicted octanol–water partition coefficient (Wildman–Crippen LogP) is -0.621. The summed E-state index contributed by atoms with van der Waals surface area (Å²) in [5.74, 6) is 4.68. The Morgan fingerprint density at radius 3 is 2.43 bits per heavy atom. The average Bonchev–Trinajstić information content (AvgIpc) is 2.15. The fourth-order valence-corrected chi connectivity index (χ4v) is 0.750. The maximum absolute atomic E-state index is 10.3. The fraction of sp³-hybridized carbons (Fsp3) is 0.222. The second-order valence-electron chi connectivity index (χ2n) is 2.78.